The van der Waals surface area contributed by atoms with Gasteiger partial charge in [0.2, 0.25) is 0 Å². The molecule has 3 rings (SSSR count). The first-order valence-corrected chi connectivity index (χ1v) is 8.72. The lowest BCUT2D eigenvalue weighted by Crippen LogP contribution is -2.51. The van der Waals surface area contributed by atoms with E-state index in [4.69, 9.17) is 4.74 Å². The van der Waals surface area contributed by atoms with Crippen molar-refractivity contribution in [2.75, 3.05) is 13.2 Å². The minimum absolute atomic E-state index is 0.0842. The normalized spacial score (nSPS) is 18.9. The summed E-state index contributed by atoms with van der Waals surface area (Å²) in [5.41, 5.74) is 0.338. The maximum Gasteiger partial charge on any atom is 0.338 e. The molecule has 8 heteroatoms. The smallest absolute Gasteiger partial charge is 0.338 e. The lowest BCUT2D eigenvalue weighted by atomic mass is 9.92. The molecule has 1 amide bonds. The average Bonchev–Trinajstić information content (AvgIpc) is 3.05. The molecule has 0 saturated carbocycles. The van der Waals surface area contributed by atoms with Gasteiger partial charge in [-0.3, -0.25) is 9.59 Å². The molecule has 0 spiro atoms. The molecule has 1 fully saturated rings. The summed E-state index contributed by atoms with van der Waals surface area (Å²) in [5, 5.41) is 12.2. The molecule has 1 aromatic rings. The van der Waals surface area contributed by atoms with Gasteiger partial charge in [-0.2, -0.15) is 0 Å². The summed E-state index contributed by atoms with van der Waals surface area (Å²) in [6, 6.07) is 0. The summed E-state index contributed by atoms with van der Waals surface area (Å²) in [6.45, 7) is 3.51. The lowest BCUT2D eigenvalue weighted by Gasteiger charge is -2.34. The number of nitrogens with one attached hydrogen (secondary N) is 1. The van der Waals surface area contributed by atoms with Crippen molar-refractivity contribution in [1.29, 1.82) is 0 Å². The van der Waals surface area contributed by atoms with Crippen molar-refractivity contribution in [1.82, 2.24) is 9.88 Å². The predicted octanol–water partition coefficient (Wildman–Crippen LogP) is 1.76. The number of nitrogens with zero attached hydrogens (tertiary/aromatic N) is 1. The molecule has 2 aliphatic heterocycles. The second kappa shape index (κ2) is 6.33. The summed E-state index contributed by atoms with van der Waals surface area (Å²) >= 11 is 3.21. The van der Waals surface area contributed by atoms with E-state index in [-0.39, 0.29) is 15.7 Å². The number of carbonyl (C=O) groups excluding carboxylic acids is 2. The third-order valence-corrected chi connectivity index (χ3v) is 5.53. The molecule has 0 radical (unpaired) electrons. The van der Waals surface area contributed by atoms with Crippen LogP contribution in [0.4, 0.5) is 0 Å². The Balaban J connectivity index is 1.89. The monoisotopic (exact) mass is 398 g/mol. The lowest BCUT2D eigenvalue weighted by molar-refractivity contribution is -0.119. The molecule has 0 bridgehead atoms. The van der Waals surface area contributed by atoms with E-state index in [1.165, 1.54) is 0 Å². The van der Waals surface area contributed by atoms with Gasteiger partial charge in [0, 0.05) is 31.0 Å². The first kappa shape index (κ1) is 17.2. The van der Waals surface area contributed by atoms with Crippen molar-refractivity contribution < 1.29 is 24.2 Å². The average molecular weight is 399 g/mol. The molecular formula is C16H19BrN2O5. The minimum atomic E-state index is -1.09. The molecule has 0 unspecified atom stereocenters. The Morgan fingerprint density at radius 1 is 1.29 bits per heavy atom. The van der Waals surface area contributed by atoms with E-state index < -0.39 is 23.2 Å². The maximum absolute atomic E-state index is 12.7. The van der Waals surface area contributed by atoms with Gasteiger partial charge < -0.3 is 19.7 Å². The van der Waals surface area contributed by atoms with Gasteiger partial charge >= 0.3 is 5.97 Å². The fourth-order valence-corrected chi connectivity index (χ4v) is 4.16. The molecule has 130 valence electrons. The Labute approximate surface area is 147 Å². The number of aromatic carboxylic acids is 1. The van der Waals surface area contributed by atoms with E-state index >= 15 is 0 Å². The summed E-state index contributed by atoms with van der Waals surface area (Å²) < 4.78 is 7.14. The highest BCUT2D eigenvalue weighted by Crippen LogP contribution is 2.34. The zero-order chi connectivity index (χ0) is 17.5. The molecule has 24 heavy (non-hydrogen) atoms. The Kier molecular flexibility index (Phi) is 4.52. The highest BCUT2D eigenvalue weighted by atomic mass is 79.9. The topological polar surface area (TPSA) is 97.6 Å². The van der Waals surface area contributed by atoms with Crippen molar-refractivity contribution in [3.05, 3.63) is 21.4 Å². The third kappa shape index (κ3) is 2.88. The largest absolute Gasteiger partial charge is 0.478 e. The van der Waals surface area contributed by atoms with Crippen LogP contribution in [0.5, 0.6) is 0 Å². The summed E-state index contributed by atoms with van der Waals surface area (Å²) in [5.74, 6) is -2.50. The second-order valence-corrected chi connectivity index (χ2v) is 7.29. The molecule has 0 aliphatic carbocycles. The van der Waals surface area contributed by atoms with Crippen molar-refractivity contribution >= 4 is 33.6 Å². The van der Waals surface area contributed by atoms with E-state index in [9.17, 15) is 19.5 Å². The molecular weight excluding hydrogens is 380 g/mol. The van der Waals surface area contributed by atoms with Crippen LogP contribution in [0.1, 0.15) is 52.7 Å². The van der Waals surface area contributed by atoms with Gasteiger partial charge in [0.25, 0.3) is 11.7 Å². The van der Waals surface area contributed by atoms with Crippen molar-refractivity contribution in [2.24, 2.45) is 0 Å². The second-order valence-electron chi connectivity index (χ2n) is 6.50. The number of hydrogen-bond donors (Lipinski definition) is 2. The van der Waals surface area contributed by atoms with Gasteiger partial charge in [0.15, 0.2) is 0 Å². The van der Waals surface area contributed by atoms with Crippen LogP contribution in [0.25, 0.3) is 0 Å². The number of Topliss-reactive ketones (excluding diaryl/α,β-unsaturated/α-hetero) is 1. The molecule has 3 heterocycles. The maximum atomic E-state index is 12.7. The Hall–Kier alpha value is -1.67. The van der Waals surface area contributed by atoms with Crippen LogP contribution >= 0.6 is 15.9 Å². The number of carbonyl (C=O) groups is 3. The quantitative estimate of drug-likeness (QED) is 0.594. The fraction of sp³-hybridized carbons (Fsp3) is 0.562. The van der Waals surface area contributed by atoms with E-state index in [2.05, 4.69) is 21.2 Å². The number of ether oxygens (including phenoxy) is 1. The predicted molar refractivity (Wildman–Crippen MR) is 88.3 cm³/mol. The van der Waals surface area contributed by atoms with Gasteiger partial charge in [0.1, 0.15) is 5.69 Å². The SMILES string of the molecule is CC1(NC(=O)C(=O)c2c(Br)c(C(=O)O)c3n2CCC3)CCOCC1. The minimum Gasteiger partial charge on any atom is -0.478 e. The van der Waals surface area contributed by atoms with E-state index in [0.717, 1.165) is 6.42 Å². The Morgan fingerprint density at radius 2 is 1.96 bits per heavy atom. The van der Waals surface area contributed by atoms with Crippen LogP contribution in [0, 0.1) is 0 Å². The molecule has 7 nitrogen and oxygen atoms in total. The van der Waals surface area contributed by atoms with Gasteiger partial charge in [-0.25, -0.2) is 4.79 Å². The number of ketones is 1. The first-order valence-electron chi connectivity index (χ1n) is 7.93. The zero-order valence-electron chi connectivity index (χ0n) is 13.4. The Bertz CT molecular complexity index is 719. The van der Waals surface area contributed by atoms with Gasteiger partial charge in [0.05, 0.1) is 10.0 Å². The van der Waals surface area contributed by atoms with Gasteiger partial charge in [-0.1, -0.05) is 0 Å². The van der Waals surface area contributed by atoms with E-state index in [1.807, 2.05) is 6.92 Å². The zero-order valence-corrected chi connectivity index (χ0v) is 14.9. The first-order chi connectivity index (χ1) is 11.3. The molecule has 0 atom stereocenters. The van der Waals surface area contributed by atoms with Gasteiger partial charge in [-0.15, -0.1) is 0 Å². The van der Waals surface area contributed by atoms with Crippen molar-refractivity contribution in [3.8, 4) is 0 Å². The highest BCUT2D eigenvalue weighted by Gasteiger charge is 2.36. The summed E-state index contributed by atoms with van der Waals surface area (Å²) in [7, 11) is 0. The molecule has 1 aromatic heterocycles. The highest BCUT2D eigenvalue weighted by molar-refractivity contribution is 9.10. The summed E-state index contributed by atoms with van der Waals surface area (Å²) in [4.78, 5) is 36.6. The third-order valence-electron chi connectivity index (χ3n) is 4.75. The number of hydrogen-bond acceptors (Lipinski definition) is 4. The summed E-state index contributed by atoms with van der Waals surface area (Å²) in [6.07, 6.45) is 2.63. The van der Waals surface area contributed by atoms with E-state index in [0.29, 0.717) is 44.7 Å². The number of rotatable bonds is 4. The fourth-order valence-electron chi connectivity index (χ4n) is 3.37. The number of carboxylic acids is 1. The van der Waals surface area contributed by atoms with Gasteiger partial charge in [-0.05, 0) is 48.5 Å². The van der Waals surface area contributed by atoms with Crippen LogP contribution < -0.4 is 5.32 Å². The number of aromatic nitrogens is 1. The number of amides is 1. The molecule has 0 aromatic carbocycles. The van der Waals surface area contributed by atoms with Crippen LogP contribution in [-0.2, 0) is 22.5 Å². The standard InChI is InChI=1S/C16H19BrN2O5/c1-16(4-7-24-8-5-16)18-14(21)13(20)12-11(17)10(15(22)23)9-3-2-6-19(9)12/h2-8H2,1H3,(H,18,21)(H,22,23). The molecule has 2 N–H and O–H groups in total. The van der Waals surface area contributed by atoms with Crippen molar-refractivity contribution in [2.45, 2.75) is 44.7 Å². The van der Waals surface area contributed by atoms with Crippen LogP contribution in [-0.4, -0.2) is 46.1 Å². The van der Waals surface area contributed by atoms with Crippen molar-refractivity contribution in [3.63, 3.8) is 0 Å². The number of halogens is 1. The molecule has 2 aliphatic rings. The van der Waals surface area contributed by atoms with E-state index in [1.54, 1.807) is 4.57 Å². The van der Waals surface area contributed by atoms with Crippen LogP contribution in [0.2, 0.25) is 0 Å². The molecule has 1 saturated heterocycles. The van der Waals surface area contributed by atoms with Crippen LogP contribution in [0.3, 0.4) is 0 Å². The number of carboxylic acid groups (broad SMARTS) is 1. The van der Waals surface area contributed by atoms with Crippen LogP contribution in [0.15, 0.2) is 4.47 Å². The number of fused-ring (bicyclic) bond motifs is 1. The Morgan fingerprint density at radius 3 is 2.58 bits per heavy atom.